The highest BCUT2D eigenvalue weighted by atomic mass is 32.2. The van der Waals surface area contributed by atoms with Crippen LogP contribution in [0, 0.1) is 13.8 Å². The van der Waals surface area contributed by atoms with Crippen molar-refractivity contribution < 1.29 is 26.4 Å². The molecule has 2 rings (SSSR count). The van der Waals surface area contributed by atoms with Gasteiger partial charge in [0.15, 0.2) is 0 Å². The first-order chi connectivity index (χ1) is 11.0. The Bertz CT molecular complexity index is 724. The van der Waals surface area contributed by atoms with Crippen molar-refractivity contribution in [2.75, 3.05) is 13.1 Å². The van der Waals surface area contributed by atoms with Gasteiger partial charge >= 0.3 is 12.1 Å². The van der Waals surface area contributed by atoms with E-state index >= 15 is 0 Å². The van der Waals surface area contributed by atoms with Crippen LogP contribution in [0.4, 0.5) is 13.2 Å². The third-order valence-corrected chi connectivity index (χ3v) is 5.65. The van der Waals surface area contributed by atoms with Crippen molar-refractivity contribution in [2.24, 2.45) is 0 Å². The van der Waals surface area contributed by atoms with E-state index in [0.29, 0.717) is 10.5 Å². The Morgan fingerprint density at radius 3 is 2.29 bits per heavy atom. The molecule has 0 spiro atoms. The normalized spacial score (nSPS) is 17.1. The number of piperidine rings is 1. The van der Waals surface area contributed by atoms with Crippen LogP contribution in [0.2, 0.25) is 0 Å². The third-order valence-electron chi connectivity index (χ3n) is 3.97. The molecular weight excluding hydrogens is 345 g/mol. The summed E-state index contributed by atoms with van der Waals surface area (Å²) in [4.78, 5) is 12.0. The standard InChI is InChI=1S/C15H19F3N2O3S/c1-10-3-4-13(11(2)9-10)24(22,23)19-12-5-7-20(8-6-12)14(21)15(16,17)18/h3-4,9,12,19H,5-8H2,1-2H3. The number of likely N-dealkylation sites (tertiary alicyclic amines) is 1. The van der Waals surface area contributed by atoms with Crippen molar-refractivity contribution in [1.82, 2.24) is 9.62 Å². The number of benzene rings is 1. The van der Waals surface area contributed by atoms with Crippen LogP contribution in [-0.4, -0.2) is 44.5 Å². The number of amides is 1. The summed E-state index contributed by atoms with van der Waals surface area (Å²) in [5.41, 5.74) is 1.54. The molecule has 1 saturated heterocycles. The Balaban J connectivity index is 2.02. The van der Waals surface area contributed by atoms with Crippen LogP contribution in [0.1, 0.15) is 24.0 Å². The highest BCUT2D eigenvalue weighted by Crippen LogP contribution is 2.23. The van der Waals surface area contributed by atoms with Gasteiger partial charge in [0.25, 0.3) is 0 Å². The summed E-state index contributed by atoms with van der Waals surface area (Å²) >= 11 is 0. The molecule has 1 amide bonds. The SMILES string of the molecule is Cc1ccc(S(=O)(=O)NC2CCN(C(=O)C(F)(F)F)CC2)c(C)c1. The number of rotatable bonds is 3. The summed E-state index contributed by atoms with van der Waals surface area (Å²) in [6, 6.07) is 4.45. The molecule has 0 radical (unpaired) electrons. The average molecular weight is 364 g/mol. The Hall–Kier alpha value is -1.61. The number of carbonyl (C=O) groups is 1. The maximum absolute atomic E-state index is 12.4. The van der Waals surface area contributed by atoms with E-state index in [1.165, 1.54) is 6.07 Å². The molecule has 9 heteroatoms. The van der Waals surface area contributed by atoms with Crippen molar-refractivity contribution in [2.45, 2.75) is 43.8 Å². The van der Waals surface area contributed by atoms with Gasteiger partial charge in [-0.1, -0.05) is 17.7 Å². The van der Waals surface area contributed by atoms with E-state index in [9.17, 15) is 26.4 Å². The van der Waals surface area contributed by atoms with Gasteiger partial charge in [-0.25, -0.2) is 13.1 Å². The number of nitrogens with one attached hydrogen (secondary N) is 1. The molecule has 24 heavy (non-hydrogen) atoms. The molecule has 1 fully saturated rings. The Labute approximate surface area is 138 Å². The topological polar surface area (TPSA) is 66.5 Å². The van der Waals surface area contributed by atoms with Crippen molar-refractivity contribution in [3.8, 4) is 0 Å². The monoisotopic (exact) mass is 364 g/mol. The van der Waals surface area contributed by atoms with E-state index < -0.39 is 28.1 Å². The molecule has 1 aromatic carbocycles. The quantitative estimate of drug-likeness (QED) is 0.894. The number of aryl methyl sites for hydroxylation is 2. The van der Waals surface area contributed by atoms with Crippen molar-refractivity contribution in [1.29, 1.82) is 0 Å². The molecule has 0 aromatic heterocycles. The fourth-order valence-corrected chi connectivity index (χ4v) is 4.29. The lowest BCUT2D eigenvalue weighted by atomic mass is 10.1. The Kier molecular flexibility index (Phi) is 5.24. The summed E-state index contributed by atoms with van der Waals surface area (Å²) in [5.74, 6) is -1.88. The van der Waals surface area contributed by atoms with Crippen LogP contribution >= 0.6 is 0 Å². The van der Waals surface area contributed by atoms with Gasteiger partial charge in [0, 0.05) is 19.1 Å². The van der Waals surface area contributed by atoms with Gasteiger partial charge in [0.1, 0.15) is 0 Å². The van der Waals surface area contributed by atoms with E-state index in [1.54, 1.807) is 19.1 Å². The van der Waals surface area contributed by atoms with E-state index in [1.807, 2.05) is 6.92 Å². The first kappa shape index (κ1) is 18.7. The molecule has 0 aliphatic carbocycles. The van der Waals surface area contributed by atoms with Gasteiger partial charge in [-0.15, -0.1) is 0 Å². The predicted molar refractivity (Wildman–Crippen MR) is 81.9 cm³/mol. The molecule has 1 heterocycles. The van der Waals surface area contributed by atoms with E-state index in [-0.39, 0.29) is 30.8 Å². The molecule has 0 bridgehead atoms. The smallest absolute Gasteiger partial charge is 0.335 e. The van der Waals surface area contributed by atoms with Gasteiger partial charge in [0.2, 0.25) is 10.0 Å². The minimum atomic E-state index is -4.90. The second-order valence-electron chi connectivity index (χ2n) is 5.95. The Morgan fingerprint density at radius 1 is 1.21 bits per heavy atom. The van der Waals surface area contributed by atoms with Gasteiger partial charge < -0.3 is 4.90 Å². The van der Waals surface area contributed by atoms with Crippen LogP contribution in [0.15, 0.2) is 23.1 Å². The number of halogens is 3. The minimum Gasteiger partial charge on any atom is -0.335 e. The number of nitrogens with zero attached hydrogens (tertiary/aromatic N) is 1. The largest absolute Gasteiger partial charge is 0.471 e. The first-order valence-corrected chi connectivity index (χ1v) is 8.95. The van der Waals surface area contributed by atoms with Gasteiger partial charge in [-0.2, -0.15) is 13.2 Å². The summed E-state index contributed by atoms with van der Waals surface area (Å²) < 4.78 is 64.6. The van der Waals surface area contributed by atoms with Crippen molar-refractivity contribution >= 4 is 15.9 Å². The fraction of sp³-hybridized carbons (Fsp3) is 0.533. The molecular formula is C15H19F3N2O3S. The second kappa shape index (κ2) is 6.72. The number of hydrogen-bond donors (Lipinski definition) is 1. The first-order valence-electron chi connectivity index (χ1n) is 7.46. The fourth-order valence-electron chi connectivity index (χ4n) is 2.76. The van der Waals surface area contributed by atoms with Crippen LogP contribution in [-0.2, 0) is 14.8 Å². The number of alkyl halides is 3. The van der Waals surface area contributed by atoms with Gasteiger partial charge in [-0.3, -0.25) is 4.79 Å². The lowest BCUT2D eigenvalue weighted by molar-refractivity contribution is -0.186. The highest BCUT2D eigenvalue weighted by molar-refractivity contribution is 7.89. The summed E-state index contributed by atoms with van der Waals surface area (Å²) in [7, 11) is -3.75. The lowest BCUT2D eigenvalue weighted by Gasteiger charge is -2.32. The van der Waals surface area contributed by atoms with Crippen molar-refractivity contribution in [3.05, 3.63) is 29.3 Å². The molecule has 1 N–H and O–H groups in total. The molecule has 1 aromatic rings. The summed E-state index contributed by atoms with van der Waals surface area (Å²) in [6.45, 7) is 3.28. The van der Waals surface area contributed by atoms with Gasteiger partial charge in [0.05, 0.1) is 4.90 Å². The molecule has 1 aliphatic heterocycles. The zero-order valence-electron chi connectivity index (χ0n) is 13.4. The molecule has 0 saturated carbocycles. The van der Waals surface area contributed by atoms with Crippen molar-refractivity contribution in [3.63, 3.8) is 0 Å². The maximum atomic E-state index is 12.4. The van der Waals surface area contributed by atoms with E-state index in [4.69, 9.17) is 0 Å². The van der Waals surface area contributed by atoms with E-state index in [0.717, 1.165) is 5.56 Å². The van der Waals surface area contributed by atoms with Crippen LogP contribution in [0.5, 0.6) is 0 Å². The zero-order valence-corrected chi connectivity index (χ0v) is 14.2. The predicted octanol–water partition coefficient (Wildman–Crippen LogP) is 2.14. The third kappa shape index (κ3) is 4.27. The van der Waals surface area contributed by atoms with Crippen LogP contribution in [0.25, 0.3) is 0 Å². The summed E-state index contributed by atoms with van der Waals surface area (Å²) in [6.07, 6.45) is -4.61. The number of carbonyl (C=O) groups excluding carboxylic acids is 1. The zero-order chi connectivity index (χ0) is 18.1. The molecule has 1 aliphatic rings. The second-order valence-corrected chi connectivity index (χ2v) is 7.64. The van der Waals surface area contributed by atoms with Gasteiger partial charge in [-0.05, 0) is 38.3 Å². The lowest BCUT2D eigenvalue weighted by Crippen LogP contribution is -2.50. The Morgan fingerprint density at radius 2 is 1.79 bits per heavy atom. The molecule has 0 unspecified atom stereocenters. The molecule has 5 nitrogen and oxygen atoms in total. The number of hydrogen-bond acceptors (Lipinski definition) is 3. The molecule has 134 valence electrons. The maximum Gasteiger partial charge on any atom is 0.471 e. The van der Waals surface area contributed by atoms with E-state index in [2.05, 4.69) is 4.72 Å². The van der Waals surface area contributed by atoms with Crippen LogP contribution in [0.3, 0.4) is 0 Å². The van der Waals surface area contributed by atoms with Crippen LogP contribution < -0.4 is 4.72 Å². The number of sulfonamides is 1. The minimum absolute atomic E-state index is 0.127. The summed E-state index contributed by atoms with van der Waals surface area (Å²) in [5, 5.41) is 0. The average Bonchev–Trinajstić information content (AvgIpc) is 2.45. The highest BCUT2D eigenvalue weighted by Gasteiger charge is 2.43. The molecule has 0 atom stereocenters.